The van der Waals surface area contributed by atoms with Crippen LogP contribution < -0.4 is 15.6 Å². The number of carbonyl (C=O) groups excluding carboxylic acids is 1. The van der Waals surface area contributed by atoms with Crippen molar-refractivity contribution in [1.29, 1.82) is 0 Å². The third-order valence-corrected chi connectivity index (χ3v) is 5.26. The van der Waals surface area contributed by atoms with Crippen molar-refractivity contribution in [2.24, 2.45) is 0 Å². The van der Waals surface area contributed by atoms with Gasteiger partial charge in [-0.1, -0.05) is 12.1 Å². The minimum Gasteiger partial charge on any atom is -0.494 e. The van der Waals surface area contributed by atoms with Crippen molar-refractivity contribution in [3.05, 3.63) is 82.4 Å². The zero-order chi connectivity index (χ0) is 22.0. The van der Waals surface area contributed by atoms with Crippen molar-refractivity contribution in [2.75, 3.05) is 11.9 Å². The second-order valence-electron chi connectivity index (χ2n) is 7.34. The van der Waals surface area contributed by atoms with Gasteiger partial charge in [0.05, 0.1) is 12.3 Å². The highest BCUT2D eigenvalue weighted by atomic mass is 16.5. The first kappa shape index (κ1) is 20.4. The Morgan fingerprint density at radius 2 is 1.87 bits per heavy atom. The van der Waals surface area contributed by atoms with Crippen molar-refractivity contribution >= 4 is 17.1 Å². The van der Waals surface area contributed by atoms with E-state index < -0.39 is 0 Å². The van der Waals surface area contributed by atoms with Crippen LogP contribution in [-0.4, -0.2) is 26.7 Å². The van der Waals surface area contributed by atoms with Gasteiger partial charge in [0, 0.05) is 23.6 Å². The van der Waals surface area contributed by atoms with Gasteiger partial charge in [-0.15, -0.1) is 0 Å². The van der Waals surface area contributed by atoms with Crippen LogP contribution in [0.25, 0.3) is 16.8 Å². The molecule has 0 atom stereocenters. The molecule has 7 nitrogen and oxygen atoms in total. The summed E-state index contributed by atoms with van der Waals surface area (Å²) in [4.78, 5) is 25.5. The number of anilines is 1. The lowest BCUT2D eigenvalue weighted by Crippen LogP contribution is -2.28. The molecule has 2 aromatic heterocycles. The molecule has 0 saturated heterocycles. The van der Waals surface area contributed by atoms with Gasteiger partial charge in [0.2, 0.25) is 5.91 Å². The number of nitrogens with one attached hydrogen (secondary N) is 1. The van der Waals surface area contributed by atoms with E-state index in [4.69, 9.17) is 4.74 Å². The molecule has 4 rings (SSSR count). The van der Waals surface area contributed by atoms with E-state index in [0.29, 0.717) is 17.8 Å². The van der Waals surface area contributed by atoms with E-state index in [0.717, 1.165) is 28.1 Å². The van der Waals surface area contributed by atoms with Crippen LogP contribution in [0.4, 0.5) is 5.69 Å². The van der Waals surface area contributed by atoms with Gasteiger partial charge in [-0.3, -0.25) is 9.59 Å². The SMILES string of the molecule is CCOc1ccc(-c2cc3c(=O)n(CC(=O)Nc4cccc(C)c4C)ccn3n2)cc1. The summed E-state index contributed by atoms with van der Waals surface area (Å²) in [6, 6.07) is 15.0. The number of fused-ring (bicyclic) bond motifs is 1. The number of benzene rings is 2. The van der Waals surface area contributed by atoms with Crippen molar-refractivity contribution in [2.45, 2.75) is 27.3 Å². The minimum atomic E-state index is -0.275. The molecule has 0 aliphatic heterocycles. The smallest absolute Gasteiger partial charge is 0.277 e. The van der Waals surface area contributed by atoms with Gasteiger partial charge in [0.1, 0.15) is 17.8 Å². The Balaban J connectivity index is 1.57. The molecular formula is C24H24N4O3. The van der Waals surface area contributed by atoms with E-state index in [2.05, 4.69) is 10.4 Å². The van der Waals surface area contributed by atoms with Crippen molar-refractivity contribution in [1.82, 2.24) is 14.2 Å². The molecule has 1 N–H and O–H groups in total. The van der Waals surface area contributed by atoms with Crippen LogP contribution in [0.3, 0.4) is 0 Å². The second-order valence-corrected chi connectivity index (χ2v) is 7.34. The van der Waals surface area contributed by atoms with Gasteiger partial charge in [-0.2, -0.15) is 5.10 Å². The highest BCUT2D eigenvalue weighted by Gasteiger charge is 2.12. The maximum atomic E-state index is 12.9. The zero-order valence-electron chi connectivity index (χ0n) is 17.8. The summed E-state index contributed by atoms with van der Waals surface area (Å²) in [5.41, 5.74) is 4.55. The summed E-state index contributed by atoms with van der Waals surface area (Å²) in [7, 11) is 0. The Morgan fingerprint density at radius 3 is 2.61 bits per heavy atom. The second kappa shape index (κ2) is 8.47. The van der Waals surface area contributed by atoms with Gasteiger partial charge in [-0.05, 0) is 68.3 Å². The molecule has 0 aliphatic carbocycles. The van der Waals surface area contributed by atoms with E-state index in [-0.39, 0.29) is 18.0 Å². The predicted octanol–water partition coefficient (Wildman–Crippen LogP) is 3.82. The Bertz CT molecular complexity index is 1300. The number of hydrogen-bond acceptors (Lipinski definition) is 4. The molecule has 0 radical (unpaired) electrons. The lowest BCUT2D eigenvalue weighted by Gasteiger charge is -2.11. The Morgan fingerprint density at radius 1 is 1.10 bits per heavy atom. The number of carbonyl (C=O) groups is 1. The molecular weight excluding hydrogens is 392 g/mol. The van der Waals surface area contributed by atoms with Crippen LogP contribution in [0, 0.1) is 13.8 Å². The molecule has 2 heterocycles. The van der Waals surface area contributed by atoms with Crippen molar-refractivity contribution in [3.8, 4) is 17.0 Å². The van der Waals surface area contributed by atoms with Gasteiger partial charge in [0.25, 0.3) is 5.56 Å². The molecule has 31 heavy (non-hydrogen) atoms. The number of hydrogen-bond donors (Lipinski definition) is 1. The molecule has 4 aromatic rings. The first-order chi connectivity index (χ1) is 15.0. The van der Waals surface area contributed by atoms with Crippen LogP contribution in [0.15, 0.2) is 65.7 Å². The summed E-state index contributed by atoms with van der Waals surface area (Å²) in [6.07, 6.45) is 3.26. The molecule has 2 aromatic carbocycles. The summed E-state index contributed by atoms with van der Waals surface area (Å²) >= 11 is 0. The Kier molecular flexibility index (Phi) is 5.58. The quantitative estimate of drug-likeness (QED) is 0.518. The van der Waals surface area contributed by atoms with Crippen molar-refractivity contribution < 1.29 is 9.53 Å². The van der Waals surface area contributed by atoms with Crippen LogP contribution in [-0.2, 0) is 11.3 Å². The van der Waals surface area contributed by atoms with Crippen molar-refractivity contribution in [3.63, 3.8) is 0 Å². The highest BCUT2D eigenvalue weighted by Crippen LogP contribution is 2.22. The Labute approximate surface area is 179 Å². The predicted molar refractivity (Wildman–Crippen MR) is 121 cm³/mol. The molecule has 0 fully saturated rings. The normalized spacial score (nSPS) is 10.9. The third kappa shape index (κ3) is 4.21. The fraction of sp³-hybridized carbons (Fsp3) is 0.208. The largest absolute Gasteiger partial charge is 0.494 e. The Hall–Kier alpha value is -3.87. The number of rotatable bonds is 6. The fourth-order valence-electron chi connectivity index (χ4n) is 3.41. The van der Waals surface area contributed by atoms with E-state index >= 15 is 0 Å². The monoisotopic (exact) mass is 416 g/mol. The topological polar surface area (TPSA) is 77.6 Å². The average molecular weight is 416 g/mol. The molecule has 158 valence electrons. The van der Waals surface area contributed by atoms with E-state index in [1.54, 1.807) is 18.5 Å². The van der Waals surface area contributed by atoms with Crippen LogP contribution in [0.1, 0.15) is 18.1 Å². The van der Waals surface area contributed by atoms with Gasteiger partial charge >= 0.3 is 0 Å². The van der Waals surface area contributed by atoms with E-state index in [1.807, 2.05) is 63.2 Å². The standard InChI is InChI=1S/C24H24N4O3/c1-4-31-19-10-8-18(9-11-19)21-14-22-24(30)27(12-13-28(22)26-21)15-23(29)25-20-7-5-6-16(2)17(20)3/h5-14H,4,15H2,1-3H3,(H,25,29). The molecule has 0 aliphatic rings. The van der Waals surface area contributed by atoms with Crippen LogP contribution in [0.5, 0.6) is 5.75 Å². The first-order valence-electron chi connectivity index (χ1n) is 10.1. The number of ether oxygens (including phenoxy) is 1. The summed E-state index contributed by atoms with van der Waals surface area (Å²) in [6.45, 7) is 6.41. The van der Waals surface area contributed by atoms with E-state index in [1.165, 1.54) is 9.08 Å². The molecule has 0 bridgehead atoms. The van der Waals surface area contributed by atoms with Crippen LogP contribution >= 0.6 is 0 Å². The maximum Gasteiger partial charge on any atom is 0.277 e. The number of aromatic nitrogens is 3. The highest BCUT2D eigenvalue weighted by molar-refractivity contribution is 5.91. The zero-order valence-corrected chi connectivity index (χ0v) is 17.8. The minimum absolute atomic E-state index is 0.0771. The molecule has 0 spiro atoms. The summed E-state index contributed by atoms with van der Waals surface area (Å²) in [5.74, 6) is 0.527. The fourth-order valence-corrected chi connectivity index (χ4v) is 3.41. The van der Waals surface area contributed by atoms with Gasteiger partial charge < -0.3 is 14.6 Å². The summed E-state index contributed by atoms with van der Waals surface area (Å²) in [5, 5.41) is 7.38. The number of amides is 1. The molecule has 7 heteroatoms. The average Bonchev–Trinajstić information content (AvgIpc) is 3.19. The van der Waals surface area contributed by atoms with Gasteiger partial charge in [-0.25, -0.2) is 4.52 Å². The third-order valence-electron chi connectivity index (χ3n) is 5.26. The molecule has 1 amide bonds. The molecule has 0 saturated carbocycles. The van der Waals surface area contributed by atoms with E-state index in [9.17, 15) is 9.59 Å². The van der Waals surface area contributed by atoms with Crippen LogP contribution in [0.2, 0.25) is 0 Å². The number of nitrogens with zero attached hydrogens (tertiary/aromatic N) is 3. The van der Waals surface area contributed by atoms with Gasteiger partial charge in [0.15, 0.2) is 0 Å². The lowest BCUT2D eigenvalue weighted by atomic mass is 10.1. The molecule has 0 unspecified atom stereocenters. The lowest BCUT2D eigenvalue weighted by molar-refractivity contribution is -0.116. The maximum absolute atomic E-state index is 12.9. The number of aryl methyl sites for hydroxylation is 1. The summed E-state index contributed by atoms with van der Waals surface area (Å²) < 4.78 is 8.39. The first-order valence-corrected chi connectivity index (χ1v) is 10.1.